The van der Waals surface area contributed by atoms with Gasteiger partial charge in [0.05, 0.1) is 25.0 Å². The molecular formula is C22H26N4O. The van der Waals surface area contributed by atoms with Gasteiger partial charge in [-0.3, -0.25) is 9.91 Å². The molecule has 2 aromatic rings. The van der Waals surface area contributed by atoms with Crippen molar-refractivity contribution in [3.05, 3.63) is 83.2 Å². The van der Waals surface area contributed by atoms with Crippen molar-refractivity contribution in [3.8, 4) is 5.75 Å². The van der Waals surface area contributed by atoms with Crippen LogP contribution in [0.5, 0.6) is 5.75 Å². The highest BCUT2D eigenvalue weighted by Crippen LogP contribution is 2.31. The Balaban J connectivity index is 1.41. The van der Waals surface area contributed by atoms with E-state index >= 15 is 0 Å². The Morgan fingerprint density at radius 1 is 1.11 bits per heavy atom. The zero-order chi connectivity index (χ0) is 18.8. The molecule has 2 aromatic carbocycles. The molecule has 0 aliphatic carbocycles. The second-order valence-corrected chi connectivity index (χ2v) is 7.16. The number of nitrogen functional groups attached to an aromatic ring is 1. The summed E-state index contributed by atoms with van der Waals surface area (Å²) < 4.78 is 5.33. The SMILES string of the molecule is C=C1C2=C(CN(Cc3cccc(N)c3)CC2)NN1Cc1cccc(OC)c1. The number of hydrazine groups is 1. The van der Waals surface area contributed by atoms with Gasteiger partial charge in [-0.05, 0) is 41.8 Å². The quantitative estimate of drug-likeness (QED) is 0.800. The molecule has 3 N–H and O–H groups in total. The number of nitrogens with one attached hydrogen (secondary N) is 1. The van der Waals surface area contributed by atoms with Gasteiger partial charge in [-0.15, -0.1) is 0 Å². The number of methoxy groups -OCH3 is 1. The topological polar surface area (TPSA) is 53.8 Å². The van der Waals surface area contributed by atoms with E-state index in [-0.39, 0.29) is 0 Å². The number of ether oxygens (including phenoxy) is 1. The van der Waals surface area contributed by atoms with Gasteiger partial charge in [0.1, 0.15) is 5.75 Å². The number of nitrogens with zero attached hydrogens (tertiary/aromatic N) is 2. The first-order valence-corrected chi connectivity index (χ1v) is 9.27. The van der Waals surface area contributed by atoms with Crippen molar-refractivity contribution < 1.29 is 4.74 Å². The number of nitrogens with two attached hydrogens (primary N) is 1. The maximum absolute atomic E-state index is 5.91. The van der Waals surface area contributed by atoms with Crippen molar-refractivity contribution in [3.63, 3.8) is 0 Å². The summed E-state index contributed by atoms with van der Waals surface area (Å²) in [4.78, 5) is 2.45. The number of hydrogen-bond acceptors (Lipinski definition) is 5. The summed E-state index contributed by atoms with van der Waals surface area (Å²) in [5.74, 6) is 0.878. The minimum atomic E-state index is 0.762. The van der Waals surface area contributed by atoms with Crippen LogP contribution < -0.4 is 15.9 Å². The predicted octanol–water partition coefficient (Wildman–Crippen LogP) is 3.27. The fraction of sp³-hybridized carbons (Fsp3) is 0.273. The minimum Gasteiger partial charge on any atom is -0.497 e. The van der Waals surface area contributed by atoms with Crippen LogP contribution in [0.1, 0.15) is 17.5 Å². The molecule has 5 nitrogen and oxygen atoms in total. The fourth-order valence-corrected chi connectivity index (χ4v) is 3.81. The maximum atomic E-state index is 5.91. The van der Waals surface area contributed by atoms with E-state index in [1.807, 2.05) is 24.3 Å². The molecule has 0 bridgehead atoms. The highest BCUT2D eigenvalue weighted by molar-refractivity contribution is 5.42. The molecule has 0 atom stereocenters. The van der Waals surface area contributed by atoms with Crippen molar-refractivity contribution in [1.29, 1.82) is 0 Å². The summed E-state index contributed by atoms with van der Waals surface area (Å²) in [6.07, 6.45) is 1.01. The van der Waals surface area contributed by atoms with Crippen LogP contribution in [0, 0.1) is 0 Å². The van der Waals surface area contributed by atoms with Gasteiger partial charge in [-0.25, -0.2) is 0 Å². The second kappa shape index (κ2) is 7.37. The van der Waals surface area contributed by atoms with Gasteiger partial charge >= 0.3 is 0 Å². The average Bonchev–Trinajstić information content (AvgIpc) is 2.97. The fourth-order valence-electron chi connectivity index (χ4n) is 3.81. The van der Waals surface area contributed by atoms with Crippen LogP contribution in [0.4, 0.5) is 5.69 Å². The summed E-state index contributed by atoms with van der Waals surface area (Å²) >= 11 is 0. The van der Waals surface area contributed by atoms with Gasteiger partial charge < -0.3 is 15.9 Å². The zero-order valence-electron chi connectivity index (χ0n) is 15.7. The Kier molecular flexibility index (Phi) is 4.77. The Morgan fingerprint density at radius 2 is 1.89 bits per heavy atom. The molecule has 0 aromatic heterocycles. The molecule has 2 heterocycles. The first-order chi connectivity index (χ1) is 13.1. The molecule has 140 valence electrons. The lowest BCUT2D eigenvalue weighted by Gasteiger charge is -2.27. The lowest BCUT2D eigenvalue weighted by atomic mass is 10.0. The smallest absolute Gasteiger partial charge is 0.119 e. The van der Waals surface area contributed by atoms with E-state index in [2.05, 4.69) is 46.2 Å². The number of rotatable bonds is 5. The highest BCUT2D eigenvalue weighted by atomic mass is 16.5. The van der Waals surface area contributed by atoms with Crippen molar-refractivity contribution in [1.82, 2.24) is 15.3 Å². The molecule has 27 heavy (non-hydrogen) atoms. The van der Waals surface area contributed by atoms with Gasteiger partial charge in [0.15, 0.2) is 0 Å². The summed E-state index contributed by atoms with van der Waals surface area (Å²) in [5.41, 5.74) is 16.4. The van der Waals surface area contributed by atoms with Crippen LogP contribution in [-0.4, -0.2) is 30.1 Å². The molecule has 2 aliphatic rings. The summed E-state index contributed by atoms with van der Waals surface area (Å²) in [7, 11) is 1.70. The average molecular weight is 362 g/mol. The van der Waals surface area contributed by atoms with E-state index in [0.717, 1.165) is 49.7 Å². The molecule has 0 saturated carbocycles. The van der Waals surface area contributed by atoms with E-state index in [0.29, 0.717) is 0 Å². The summed E-state index contributed by atoms with van der Waals surface area (Å²) in [6.45, 7) is 7.92. The molecule has 0 amide bonds. The molecule has 0 spiro atoms. The lowest BCUT2D eigenvalue weighted by Crippen LogP contribution is -2.36. The molecular weight excluding hydrogens is 336 g/mol. The van der Waals surface area contributed by atoms with Gasteiger partial charge in [-0.2, -0.15) is 0 Å². The number of benzene rings is 2. The molecule has 5 heteroatoms. The van der Waals surface area contributed by atoms with Crippen LogP contribution in [-0.2, 0) is 13.1 Å². The summed E-state index contributed by atoms with van der Waals surface area (Å²) in [6, 6.07) is 16.3. The first-order valence-electron chi connectivity index (χ1n) is 9.27. The van der Waals surface area contributed by atoms with Crippen LogP contribution in [0.15, 0.2) is 72.1 Å². The van der Waals surface area contributed by atoms with Gasteiger partial charge in [-0.1, -0.05) is 30.8 Å². The number of anilines is 1. The van der Waals surface area contributed by atoms with E-state index in [9.17, 15) is 0 Å². The second-order valence-electron chi connectivity index (χ2n) is 7.16. The zero-order valence-corrected chi connectivity index (χ0v) is 15.7. The van der Waals surface area contributed by atoms with Crippen LogP contribution in [0.2, 0.25) is 0 Å². The van der Waals surface area contributed by atoms with Gasteiger partial charge in [0.25, 0.3) is 0 Å². The third kappa shape index (κ3) is 3.78. The molecule has 4 rings (SSSR count). The largest absolute Gasteiger partial charge is 0.497 e. The van der Waals surface area contributed by atoms with E-state index < -0.39 is 0 Å². The maximum Gasteiger partial charge on any atom is 0.119 e. The first kappa shape index (κ1) is 17.5. The predicted molar refractivity (Wildman–Crippen MR) is 109 cm³/mol. The summed E-state index contributed by atoms with van der Waals surface area (Å²) in [5, 5.41) is 2.14. The minimum absolute atomic E-state index is 0.762. The van der Waals surface area contributed by atoms with Gasteiger partial charge in [0, 0.05) is 30.9 Å². The Labute approximate surface area is 160 Å². The van der Waals surface area contributed by atoms with Crippen molar-refractivity contribution in [2.75, 3.05) is 25.9 Å². The molecule has 0 unspecified atom stereocenters. The van der Waals surface area contributed by atoms with Crippen LogP contribution in [0.25, 0.3) is 0 Å². The third-order valence-electron chi connectivity index (χ3n) is 5.20. The standard InChI is InChI=1S/C22H26N4O/c1-16-21-9-10-25(13-17-5-3-7-19(23)11-17)15-22(21)24-26(16)14-18-6-4-8-20(12-18)27-2/h3-8,11-12,24H,1,9-10,13-15,23H2,2H3. The third-order valence-corrected chi connectivity index (χ3v) is 5.20. The van der Waals surface area contributed by atoms with E-state index in [1.54, 1.807) is 7.11 Å². The number of allylic oxidation sites excluding steroid dienone is 1. The molecule has 0 saturated heterocycles. The number of hydrogen-bond donors (Lipinski definition) is 2. The van der Waals surface area contributed by atoms with Crippen molar-refractivity contribution >= 4 is 5.69 Å². The lowest BCUT2D eigenvalue weighted by molar-refractivity contribution is 0.253. The van der Waals surface area contributed by atoms with Gasteiger partial charge in [0.2, 0.25) is 0 Å². The van der Waals surface area contributed by atoms with E-state index in [4.69, 9.17) is 10.5 Å². The Morgan fingerprint density at radius 3 is 2.67 bits per heavy atom. The normalized spacial score (nSPS) is 17.1. The molecule has 2 aliphatic heterocycles. The Bertz CT molecular complexity index is 889. The van der Waals surface area contributed by atoms with Crippen LogP contribution in [0.3, 0.4) is 0 Å². The Hall–Kier alpha value is -2.92. The van der Waals surface area contributed by atoms with Crippen LogP contribution >= 0.6 is 0 Å². The highest BCUT2D eigenvalue weighted by Gasteiger charge is 2.29. The molecule has 0 fully saturated rings. The van der Waals surface area contributed by atoms with Crippen molar-refractivity contribution in [2.45, 2.75) is 19.5 Å². The van der Waals surface area contributed by atoms with Crippen molar-refractivity contribution in [2.24, 2.45) is 0 Å². The molecule has 0 radical (unpaired) electrons. The monoisotopic (exact) mass is 362 g/mol. The van der Waals surface area contributed by atoms with E-state index in [1.165, 1.54) is 22.4 Å².